The van der Waals surface area contributed by atoms with E-state index in [-0.39, 0.29) is 11.3 Å². The van der Waals surface area contributed by atoms with Crippen molar-refractivity contribution in [2.75, 3.05) is 11.4 Å². The van der Waals surface area contributed by atoms with Gasteiger partial charge in [0.25, 0.3) is 0 Å². The van der Waals surface area contributed by atoms with E-state index < -0.39 is 6.04 Å². The van der Waals surface area contributed by atoms with E-state index in [1.165, 1.54) is 5.56 Å². The molecule has 1 atom stereocenters. The van der Waals surface area contributed by atoms with Crippen molar-refractivity contribution in [1.29, 1.82) is 0 Å². The number of hydrogen-bond donors (Lipinski definition) is 1. The number of carbonyl (C=O) groups is 1. The Labute approximate surface area is 115 Å². The third-order valence-corrected chi connectivity index (χ3v) is 3.88. The van der Waals surface area contributed by atoms with Gasteiger partial charge in [0.05, 0.1) is 6.04 Å². The van der Waals surface area contributed by atoms with Crippen LogP contribution in [0.5, 0.6) is 0 Å². The van der Waals surface area contributed by atoms with Crippen LogP contribution in [0, 0.1) is 12.3 Å². The molecule has 2 N–H and O–H groups in total. The van der Waals surface area contributed by atoms with Crippen LogP contribution in [0.1, 0.15) is 38.3 Å². The Balaban J connectivity index is 2.37. The maximum absolute atomic E-state index is 12.7. The zero-order valence-corrected chi connectivity index (χ0v) is 12.4. The molecule has 0 saturated heterocycles. The summed E-state index contributed by atoms with van der Waals surface area (Å²) in [5.74, 6) is 0.0442. The van der Waals surface area contributed by atoms with E-state index in [0.29, 0.717) is 0 Å². The van der Waals surface area contributed by atoms with Crippen LogP contribution in [0.3, 0.4) is 0 Å². The molecule has 2 rings (SSSR count). The van der Waals surface area contributed by atoms with Crippen LogP contribution in [-0.2, 0) is 11.2 Å². The molecule has 0 radical (unpaired) electrons. The smallest absolute Gasteiger partial charge is 0.244 e. The predicted octanol–water partition coefficient (Wildman–Crippen LogP) is 2.65. The van der Waals surface area contributed by atoms with Crippen molar-refractivity contribution in [1.82, 2.24) is 0 Å². The molecule has 1 amide bonds. The largest absolute Gasteiger partial charge is 0.319 e. The number of nitrogens with two attached hydrogens (primary N) is 1. The van der Waals surface area contributed by atoms with Crippen LogP contribution in [0.2, 0.25) is 0 Å². The van der Waals surface area contributed by atoms with Gasteiger partial charge in [-0.05, 0) is 36.3 Å². The summed E-state index contributed by atoms with van der Waals surface area (Å²) in [6, 6.07) is 5.78. The number of amides is 1. The molecule has 1 aromatic carbocycles. The minimum atomic E-state index is -0.460. The van der Waals surface area contributed by atoms with Crippen LogP contribution in [0.4, 0.5) is 5.69 Å². The highest BCUT2D eigenvalue weighted by molar-refractivity contribution is 5.99. The summed E-state index contributed by atoms with van der Waals surface area (Å²) >= 11 is 0. The molecule has 0 spiro atoms. The van der Waals surface area contributed by atoms with Crippen LogP contribution in [-0.4, -0.2) is 18.5 Å². The van der Waals surface area contributed by atoms with Crippen molar-refractivity contribution >= 4 is 11.6 Å². The molecule has 0 saturated carbocycles. The Morgan fingerprint density at radius 2 is 2.05 bits per heavy atom. The van der Waals surface area contributed by atoms with E-state index >= 15 is 0 Å². The normalized spacial score (nSPS) is 17.0. The van der Waals surface area contributed by atoms with E-state index in [4.69, 9.17) is 5.73 Å². The summed E-state index contributed by atoms with van der Waals surface area (Å²) in [5, 5.41) is 0. The van der Waals surface area contributed by atoms with E-state index in [9.17, 15) is 4.79 Å². The predicted molar refractivity (Wildman–Crippen MR) is 79.3 cm³/mol. The Morgan fingerprint density at radius 1 is 1.37 bits per heavy atom. The van der Waals surface area contributed by atoms with Gasteiger partial charge in [0, 0.05) is 12.2 Å². The van der Waals surface area contributed by atoms with Gasteiger partial charge in [0.15, 0.2) is 0 Å². The summed E-state index contributed by atoms with van der Waals surface area (Å²) in [6.07, 6.45) is 2.06. The van der Waals surface area contributed by atoms with Gasteiger partial charge in [0.1, 0.15) is 0 Å². The zero-order chi connectivity index (χ0) is 14.2. The van der Waals surface area contributed by atoms with Crippen molar-refractivity contribution < 1.29 is 4.79 Å². The highest BCUT2D eigenvalue weighted by Crippen LogP contribution is 2.32. The highest BCUT2D eigenvalue weighted by Gasteiger charge is 2.33. The van der Waals surface area contributed by atoms with Gasteiger partial charge >= 0.3 is 0 Å². The fourth-order valence-corrected chi connectivity index (χ4v) is 2.61. The number of anilines is 1. The maximum atomic E-state index is 12.7. The average molecular weight is 260 g/mol. The summed E-state index contributed by atoms with van der Waals surface area (Å²) in [7, 11) is 0. The number of para-hydroxylation sites is 1. The van der Waals surface area contributed by atoms with Crippen molar-refractivity contribution in [3.8, 4) is 0 Å². The molecular formula is C16H24N2O. The molecule has 104 valence electrons. The number of aryl methyl sites for hydroxylation is 2. The zero-order valence-electron chi connectivity index (χ0n) is 12.4. The van der Waals surface area contributed by atoms with Crippen molar-refractivity contribution in [3.63, 3.8) is 0 Å². The summed E-state index contributed by atoms with van der Waals surface area (Å²) in [6.45, 7) is 8.88. The number of hydrogen-bond acceptors (Lipinski definition) is 2. The van der Waals surface area contributed by atoms with Gasteiger partial charge in [-0.1, -0.05) is 39.0 Å². The first-order chi connectivity index (χ1) is 8.82. The Morgan fingerprint density at radius 3 is 2.68 bits per heavy atom. The monoisotopic (exact) mass is 260 g/mol. The number of carbonyl (C=O) groups excluding carboxylic acids is 1. The van der Waals surface area contributed by atoms with Gasteiger partial charge in [-0.15, -0.1) is 0 Å². The third kappa shape index (κ3) is 2.66. The quantitative estimate of drug-likeness (QED) is 0.843. The van der Waals surface area contributed by atoms with Crippen LogP contribution in [0.15, 0.2) is 18.2 Å². The van der Waals surface area contributed by atoms with Crippen LogP contribution >= 0.6 is 0 Å². The average Bonchev–Trinajstić information content (AvgIpc) is 2.35. The highest BCUT2D eigenvalue weighted by atomic mass is 16.2. The second-order valence-corrected chi connectivity index (χ2v) is 6.52. The first-order valence-electron chi connectivity index (χ1n) is 6.98. The van der Waals surface area contributed by atoms with Crippen molar-refractivity contribution in [2.24, 2.45) is 11.1 Å². The topological polar surface area (TPSA) is 46.3 Å². The molecule has 0 aliphatic carbocycles. The van der Waals surface area contributed by atoms with Crippen LogP contribution in [0.25, 0.3) is 0 Å². The van der Waals surface area contributed by atoms with Crippen LogP contribution < -0.4 is 10.6 Å². The molecule has 3 heteroatoms. The lowest BCUT2D eigenvalue weighted by Crippen LogP contribution is -2.52. The summed E-state index contributed by atoms with van der Waals surface area (Å²) in [5.41, 5.74) is 9.44. The second kappa shape index (κ2) is 4.97. The molecule has 0 aromatic heterocycles. The van der Waals surface area contributed by atoms with E-state index in [1.807, 2.05) is 25.7 Å². The number of benzene rings is 1. The standard InChI is InChI=1S/C16H24N2O/c1-11-7-5-8-12-9-6-10-18(13(11)12)15(19)14(17)16(2,3)4/h5,7-8,14H,6,9-10,17H2,1-4H3/t14-/m0/s1. The van der Waals surface area contributed by atoms with Crippen molar-refractivity contribution in [3.05, 3.63) is 29.3 Å². The molecule has 0 unspecified atom stereocenters. The molecule has 1 aliphatic heterocycles. The molecule has 1 aromatic rings. The molecule has 1 heterocycles. The molecule has 19 heavy (non-hydrogen) atoms. The molecular weight excluding hydrogens is 236 g/mol. The molecule has 1 aliphatic rings. The van der Waals surface area contributed by atoms with Gasteiger partial charge in [-0.25, -0.2) is 0 Å². The Hall–Kier alpha value is -1.35. The summed E-state index contributed by atoms with van der Waals surface area (Å²) < 4.78 is 0. The van der Waals surface area contributed by atoms with E-state index in [0.717, 1.165) is 30.6 Å². The SMILES string of the molecule is Cc1cccc2c1N(C(=O)[C@H](N)C(C)(C)C)CCC2. The van der Waals surface area contributed by atoms with E-state index in [1.54, 1.807) is 0 Å². The maximum Gasteiger partial charge on any atom is 0.244 e. The van der Waals surface area contributed by atoms with Gasteiger partial charge in [-0.2, -0.15) is 0 Å². The first-order valence-corrected chi connectivity index (χ1v) is 6.98. The lowest BCUT2D eigenvalue weighted by atomic mass is 9.85. The summed E-state index contributed by atoms with van der Waals surface area (Å²) in [4.78, 5) is 14.6. The van der Waals surface area contributed by atoms with E-state index in [2.05, 4.69) is 25.1 Å². The van der Waals surface area contributed by atoms with Gasteiger partial charge in [-0.3, -0.25) is 4.79 Å². The number of rotatable bonds is 1. The molecule has 0 fully saturated rings. The fraction of sp³-hybridized carbons (Fsp3) is 0.562. The molecule has 0 bridgehead atoms. The fourth-order valence-electron chi connectivity index (χ4n) is 2.61. The Bertz CT molecular complexity index is 488. The number of fused-ring (bicyclic) bond motifs is 1. The third-order valence-electron chi connectivity index (χ3n) is 3.88. The van der Waals surface area contributed by atoms with Gasteiger partial charge in [0.2, 0.25) is 5.91 Å². The number of nitrogens with zero attached hydrogens (tertiary/aromatic N) is 1. The van der Waals surface area contributed by atoms with Crippen molar-refractivity contribution in [2.45, 2.75) is 46.6 Å². The van der Waals surface area contributed by atoms with Gasteiger partial charge < -0.3 is 10.6 Å². The molecule has 3 nitrogen and oxygen atoms in total. The first kappa shape index (κ1) is 14.1. The lowest BCUT2D eigenvalue weighted by molar-refractivity contribution is -0.122. The minimum Gasteiger partial charge on any atom is -0.319 e. The minimum absolute atomic E-state index is 0.0442. The lowest BCUT2D eigenvalue weighted by Gasteiger charge is -2.36. The Kier molecular flexibility index (Phi) is 3.68. The second-order valence-electron chi connectivity index (χ2n) is 6.52.